The Bertz CT molecular complexity index is 1370. The quantitative estimate of drug-likeness (QED) is 0.432. The molecule has 1 N–H and O–H groups in total. The number of rotatable bonds is 6. The zero-order chi connectivity index (χ0) is 21.6. The Morgan fingerprint density at radius 2 is 1.84 bits per heavy atom. The lowest BCUT2D eigenvalue weighted by atomic mass is 10.1. The number of H-pyrrole nitrogens is 1. The van der Waals surface area contributed by atoms with Gasteiger partial charge in [-0.25, -0.2) is 18.4 Å². The average molecular weight is 475 g/mol. The number of hydrogen-bond acceptors (Lipinski definition) is 6. The van der Waals surface area contributed by atoms with Crippen molar-refractivity contribution in [3.8, 4) is 5.75 Å². The van der Waals surface area contributed by atoms with Crippen molar-refractivity contribution >= 4 is 44.2 Å². The predicted molar refractivity (Wildman–Crippen MR) is 117 cm³/mol. The van der Waals surface area contributed by atoms with E-state index in [1.165, 1.54) is 12.4 Å². The van der Waals surface area contributed by atoms with Crippen molar-refractivity contribution in [2.75, 3.05) is 0 Å². The molecule has 1 atom stereocenters. The SMILES string of the molecule is O=S(=O)(c1ccc(C(Oc2cncc(Cl)c2)c2cc3ncc(Cl)nc3[nH]2)cc1)C1CC1. The minimum absolute atomic E-state index is 0.265. The number of hydrogen-bond donors (Lipinski definition) is 1. The maximum Gasteiger partial charge on any atom is 0.181 e. The van der Waals surface area contributed by atoms with Crippen molar-refractivity contribution in [2.45, 2.75) is 29.1 Å². The van der Waals surface area contributed by atoms with Gasteiger partial charge in [0.25, 0.3) is 0 Å². The fourth-order valence-corrected chi connectivity index (χ4v) is 5.30. The Kier molecular flexibility index (Phi) is 5.08. The van der Waals surface area contributed by atoms with E-state index in [0.29, 0.717) is 32.5 Å². The Morgan fingerprint density at radius 1 is 1.06 bits per heavy atom. The molecule has 1 saturated carbocycles. The molecule has 158 valence electrons. The fraction of sp³-hybridized carbons (Fsp3) is 0.190. The molecule has 3 heterocycles. The minimum Gasteiger partial charge on any atom is -0.478 e. The highest BCUT2D eigenvalue weighted by molar-refractivity contribution is 7.92. The third-order valence-corrected chi connectivity index (χ3v) is 7.68. The molecule has 7 nitrogen and oxygen atoms in total. The summed E-state index contributed by atoms with van der Waals surface area (Å²) in [4.78, 5) is 16.1. The fourth-order valence-electron chi connectivity index (χ4n) is 3.34. The van der Waals surface area contributed by atoms with Crippen LogP contribution >= 0.6 is 23.2 Å². The number of nitrogens with one attached hydrogen (secondary N) is 1. The van der Waals surface area contributed by atoms with E-state index < -0.39 is 15.9 Å². The highest BCUT2D eigenvalue weighted by Crippen LogP contribution is 2.35. The molecule has 0 radical (unpaired) electrons. The zero-order valence-corrected chi connectivity index (χ0v) is 18.3. The third kappa shape index (κ3) is 4.11. The highest BCUT2D eigenvalue weighted by atomic mass is 35.5. The summed E-state index contributed by atoms with van der Waals surface area (Å²) in [6, 6.07) is 10.2. The lowest BCUT2D eigenvalue weighted by molar-refractivity contribution is 0.242. The second kappa shape index (κ2) is 7.78. The molecule has 1 fully saturated rings. The normalized spacial score (nSPS) is 15.2. The van der Waals surface area contributed by atoms with E-state index in [1.807, 2.05) is 6.07 Å². The number of nitrogens with zero attached hydrogens (tertiary/aromatic N) is 3. The Labute approximate surface area is 188 Å². The number of pyridine rings is 1. The zero-order valence-electron chi connectivity index (χ0n) is 16.0. The largest absolute Gasteiger partial charge is 0.478 e. The van der Waals surface area contributed by atoms with Crippen LogP contribution in [0.25, 0.3) is 11.2 Å². The summed E-state index contributed by atoms with van der Waals surface area (Å²) in [6.07, 6.45) is 5.37. The summed E-state index contributed by atoms with van der Waals surface area (Å²) >= 11 is 12.0. The molecule has 0 amide bonds. The molecule has 5 rings (SSSR count). The standard InChI is InChI=1S/C21H16Cl2N4O3S/c22-13-7-14(10-24-9-13)30-20(17-8-18-21(26-17)27-19(23)11-25-18)12-1-3-15(4-2-12)31(28,29)16-5-6-16/h1-4,7-11,16,20H,5-6H2,(H,26,27). The van der Waals surface area contributed by atoms with Crippen molar-refractivity contribution in [1.82, 2.24) is 19.9 Å². The van der Waals surface area contributed by atoms with E-state index in [2.05, 4.69) is 19.9 Å². The van der Waals surface area contributed by atoms with E-state index in [1.54, 1.807) is 36.5 Å². The van der Waals surface area contributed by atoms with Crippen LogP contribution in [0.3, 0.4) is 0 Å². The van der Waals surface area contributed by atoms with Crippen molar-refractivity contribution in [2.24, 2.45) is 0 Å². The van der Waals surface area contributed by atoms with Gasteiger partial charge in [0.1, 0.15) is 16.4 Å². The van der Waals surface area contributed by atoms with Gasteiger partial charge in [0.05, 0.1) is 33.3 Å². The number of aromatic amines is 1. The van der Waals surface area contributed by atoms with Crippen molar-refractivity contribution in [3.05, 3.63) is 76.4 Å². The number of fused-ring (bicyclic) bond motifs is 1. The van der Waals surface area contributed by atoms with Crippen LogP contribution in [0.1, 0.15) is 30.2 Å². The molecule has 1 aliphatic carbocycles. The molecule has 4 aromatic rings. The number of sulfone groups is 1. The molecule has 0 spiro atoms. The number of aromatic nitrogens is 4. The summed E-state index contributed by atoms with van der Waals surface area (Å²) < 4.78 is 31.3. The number of halogens is 2. The lowest BCUT2D eigenvalue weighted by Crippen LogP contribution is -2.11. The second-order valence-electron chi connectivity index (χ2n) is 7.30. The number of ether oxygens (including phenoxy) is 1. The molecular weight excluding hydrogens is 459 g/mol. The van der Waals surface area contributed by atoms with Gasteiger partial charge in [-0.2, -0.15) is 0 Å². The van der Waals surface area contributed by atoms with Gasteiger partial charge in [0.2, 0.25) is 0 Å². The van der Waals surface area contributed by atoms with E-state index in [4.69, 9.17) is 27.9 Å². The van der Waals surface area contributed by atoms with Crippen LogP contribution in [0.15, 0.2) is 59.9 Å². The molecule has 10 heteroatoms. The summed E-state index contributed by atoms with van der Waals surface area (Å²) in [6.45, 7) is 0. The van der Waals surface area contributed by atoms with Gasteiger partial charge < -0.3 is 9.72 Å². The topological polar surface area (TPSA) is 97.8 Å². The molecule has 3 aromatic heterocycles. The van der Waals surface area contributed by atoms with Gasteiger partial charge in [-0.1, -0.05) is 35.3 Å². The van der Waals surface area contributed by atoms with E-state index in [9.17, 15) is 8.42 Å². The summed E-state index contributed by atoms with van der Waals surface area (Å²) in [5.74, 6) is 0.463. The Morgan fingerprint density at radius 3 is 2.55 bits per heavy atom. The predicted octanol–water partition coefficient (Wildman–Crippen LogP) is 4.76. The molecule has 31 heavy (non-hydrogen) atoms. The van der Waals surface area contributed by atoms with Gasteiger partial charge >= 0.3 is 0 Å². The van der Waals surface area contributed by atoms with E-state index >= 15 is 0 Å². The van der Waals surface area contributed by atoms with Crippen molar-refractivity contribution in [1.29, 1.82) is 0 Å². The van der Waals surface area contributed by atoms with Gasteiger partial charge in [-0.15, -0.1) is 0 Å². The maximum absolute atomic E-state index is 12.5. The molecule has 1 unspecified atom stereocenters. The molecule has 0 saturated heterocycles. The lowest BCUT2D eigenvalue weighted by Gasteiger charge is -2.19. The third-order valence-electron chi connectivity index (χ3n) is 5.02. The summed E-state index contributed by atoms with van der Waals surface area (Å²) in [5, 5.41) is 0.444. The Balaban J connectivity index is 1.55. The van der Waals surface area contributed by atoms with E-state index in [-0.39, 0.29) is 10.4 Å². The summed E-state index contributed by atoms with van der Waals surface area (Å²) in [5.41, 5.74) is 2.57. The molecule has 0 aliphatic heterocycles. The molecular formula is C21H16Cl2N4O3S. The van der Waals surface area contributed by atoms with Crippen LogP contribution in [0.2, 0.25) is 10.2 Å². The molecule has 1 aromatic carbocycles. The first-order valence-electron chi connectivity index (χ1n) is 9.52. The smallest absolute Gasteiger partial charge is 0.181 e. The monoisotopic (exact) mass is 474 g/mol. The van der Waals surface area contributed by atoms with Crippen LogP contribution in [-0.4, -0.2) is 33.6 Å². The van der Waals surface area contributed by atoms with Gasteiger partial charge in [0, 0.05) is 12.3 Å². The van der Waals surface area contributed by atoms with Gasteiger partial charge in [-0.05, 0) is 36.6 Å². The average Bonchev–Trinajstić information content (AvgIpc) is 3.53. The van der Waals surface area contributed by atoms with E-state index in [0.717, 1.165) is 18.4 Å². The summed E-state index contributed by atoms with van der Waals surface area (Å²) in [7, 11) is -3.27. The van der Waals surface area contributed by atoms with Crippen LogP contribution in [-0.2, 0) is 9.84 Å². The van der Waals surface area contributed by atoms with Crippen LogP contribution in [0.5, 0.6) is 5.75 Å². The first-order valence-corrected chi connectivity index (χ1v) is 11.8. The molecule has 1 aliphatic rings. The second-order valence-corrected chi connectivity index (χ2v) is 10.4. The maximum atomic E-state index is 12.5. The molecule has 0 bridgehead atoms. The van der Waals surface area contributed by atoms with Crippen molar-refractivity contribution < 1.29 is 13.2 Å². The first kappa shape index (κ1) is 20.2. The van der Waals surface area contributed by atoms with Crippen LogP contribution in [0.4, 0.5) is 0 Å². The van der Waals surface area contributed by atoms with Crippen molar-refractivity contribution in [3.63, 3.8) is 0 Å². The van der Waals surface area contributed by atoms with Gasteiger partial charge in [0.15, 0.2) is 21.6 Å². The Hall–Kier alpha value is -2.68. The number of benzene rings is 1. The van der Waals surface area contributed by atoms with Gasteiger partial charge in [-0.3, -0.25) is 4.98 Å². The minimum atomic E-state index is -3.27. The van der Waals surface area contributed by atoms with Crippen LogP contribution < -0.4 is 4.74 Å². The first-order chi connectivity index (χ1) is 14.9. The highest BCUT2D eigenvalue weighted by Gasteiger charge is 2.36. The van der Waals surface area contributed by atoms with Crippen LogP contribution in [0, 0.1) is 0 Å².